The number of nitrogens with two attached hydrogens (primary N) is 1. The Bertz CT molecular complexity index is 738. The zero-order chi connectivity index (χ0) is 14.8. The first kappa shape index (κ1) is 14.5. The second kappa shape index (κ2) is 5.59. The number of carbonyl (C=O) groups excluding carboxylic acids is 1. The molecule has 0 bridgehead atoms. The van der Waals surface area contributed by atoms with Gasteiger partial charge in [0.1, 0.15) is 0 Å². The first-order chi connectivity index (χ1) is 9.34. The predicted octanol–water partition coefficient (Wildman–Crippen LogP) is 1.31. The van der Waals surface area contributed by atoms with Crippen molar-refractivity contribution in [3.63, 3.8) is 0 Å². The number of aromatic nitrogens is 1. The van der Waals surface area contributed by atoms with Gasteiger partial charge in [-0.15, -0.1) is 11.3 Å². The van der Waals surface area contributed by atoms with Gasteiger partial charge in [-0.25, -0.2) is 13.4 Å². The standard InChI is InChI=1S/C12H13N3O3S2/c1-20(17,18)10-4-2-3-8(5-10)14-11(16)6-9-7-19-12(13)15-9/h2-5,7H,6H2,1H3,(H2,13,15)(H,14,16). The lowest BCUT2D eigenvalue weighted by atomic mass is 10.3. The van der Waals surface area contributed by atoms with Gasteiger partial charge in [0.25, 0.3) is 0 Å². The van der Waals surface area contributed by atoms with Crippen molar-refractivity contribution in [1.29, 1.82) is 0 Å². The molecule has 6 nitrogen and oxygen atoms in total. The maximum absolute atomic E-state index is 11.8. The van der Waals surface area contributed by atoms with Gasteiger partial charge >= 0.3 is 0 Å². The molecule has 0 radical (unpaired) electrons. The number of thiazole rings is 1. The van der Waals surface area contributed by atoms with E-state index in [1.54, 1.807) is 17.5 Å². The summed E-state index contributed by atoms with van der Waals surface area (Å²) in [5, 5.41) is 4.75. The number of amides is 1. The molecule has 0 aliphatic carbocycles. The molecule has 0 aliphatic heterocycles. The van der Waals surface area contributed by atoms with E-state index in [4.69, 9.17) is 5.73 Å². The molecule has 2 aromatic rings. The van der Waals surface area contributed by atoms with E-state index >= 15 is 0 Å². The molecule has 0 atom stereocenters. The van der Waals surface area contributed by atoms with Crippen molar-refractivity contribution in [3.05, 3.63) is 35.3 Å². The molecule has 1 aromatic carbocycles. The summed E-state index contributed by atoms with van der Waals surface area (Å²) in [6.07, 6.45) is 1.21. The van der Waals surface area contributed by atoms with E-state index in [2.05, 4.69) is 10.3 Å². The monoisotopic (exact) mass is 311 g/mol. The molecule has 106 valence electrons. The Morgan fingerprint density at radius 1 is 1.45 bits per heavy atom. The molecule has 20 heavy (non-hydrogen) atoms. The summed E-state index contributed by atoms with van der Waals surface area (Å²) in [7, 11) is -3.30. The third kappa shape index (κ3) is 3.78. The lowest BCUT2D eigenvalue weighted by Crippen LogP contribution is -2.15. The van der Waals surface area contributed by atoms with Crippen LogP contribution in [0.2, 0.25) is 0 Å². The summed E-state index contributed by atoms with van der Waals surface area (Å²) in [4.78, 5) is 16.0. The van der Waals surface area contributed by atoms with Crippen molar-refractivity contribution >= 4 is 37.9 Å². The predicted molar refractivity (Wildman–Crippen MR) is 78.4 cm³/mol. The van der Waals surface area contributed by atoms with E-state index in [-0.39, 0.29) is 17.2 Å². The second-order valence-corrected chi connectivity index (χ2v) is 7.11. The van der Waals surface area contributed by atoms with Crippen LogP contribution in [0.25, 0.3) is 0 Å². The topological polar surface area (TPSA) is 102 Å². The number of anilines is 2. The highest BCUT2D eigenvalue weighted by molar-refractivity contribution is 7.90. The zero-order valence-electron chi connectivity index (χ0n) is 10.7. The van der Waals surface area contributed by atoms with Crippen LogP contribution in [-0.4, -0.2) is 25.6 Å². The number of nitrogens with one attached hydrogen (secondary N) is 1. The Hall–Kier alpha value is -1.93. The quantitative estimate of drug-likeness (QED) is 0.886. The average Bonchev–Trinajstić information content (AvgIpc) is 2.73. The normalized spacial score (nSPS) is 11.2. The van der Waals surface area contributed by atoms with Gasteiger partial charge in [0.2, 0.25) is 5.91 Å². The van der Waals surface area contributed by atoms with E-state index in [1.807, 2.05) is 0 Å². The van der Waals surface area contributed by atoms with Crippen molar-refractivity contribution in [2.24, 2.45) is 0 Å². The Morgan fingerprint density at radius 2 is 2.20 bits per heavy atom. The highest BCUT2D eigenvalue weighted by Gasteiger charge is 2.10. The summed E-state index contributed by atoms with van der Waals surface area (Å²) >= 11 is 1.27. The Morgan fingerprint density at radius 3 is 2.80 bits per heavy atom. The summed E-state index contributed by atoms with van der Waals surface area (Å²) < 4.78 is 22.9. The zero-order valence-corrected chi connectivity index (χ0v) is 12.3. The maximum Gasteiger partial charge on any atom is 0.230 e. The SMILES string of the molecule is CS(=O)(=O)c1cccc(NC(=O)Cc2csc(N)n2)c1. The van der Waals surface area contributed by atoms with Crippen LogP contribution in [0.5, 0.6) is 0 Å². The van der Waals surface area contributed by atoms with Crippen LogP contribution < -0.4 is 11.1 Å². The van der Waals surface area contributed by atoms with E-state index in [1.165, 1.54) is 23.5 Å². The molecule has 8 heteroatoms. The number of hydrogen-bond acceptors (Lipinski definition) is 6. The first-order valence-electron chi connectivity index (χ1n) is 5.64. The lowest BCUT2D eigenvalue weighted by molar-refractivity contribution is -0.115. The van der Waals surface area contributed by atoms with Crippen LogP contribution in [0, 0.1) is 0 Å². The van der Waals surface area contributed by atoms with Crippen LogP contribution in [-0.2, 0) is 21.1 Å². The maximum atomic E-state index is 11.8. The van der Waals surface area contributed by atoms with Crippen LogP contribution in [0.15, 0.2) is 34.5 Å². The van der Waals surface area contributed by atoms with E-state index < -0.39 is 9.84 Å². The Kier molecular flexibility index (Phi) is 4.05. The fourth-order valence-corrected chi connectivity index (χ4v) is 2.81. The van der Waals surface area contributed by atoms with E-state index in [0.717, 1.165) is 6.26 Å². The number of sulfone groups is 1. The van der Waals surface area contributed by atoms with Gasteiger partial charge in [-0.05, 0) is 18.2 Å². The molecule has 0 saturated carbocycles. The molecule has 0 unspecified atom stereocenters. The molecule has 0 saturated heterocycles. The minimum absolute atomic E-state index is 0.0941. The second-order valence-electron chi connectivity index (χ2n) is 4.20. The van der Waals surface area contributed by atoms with E-state index in [0.29, 0.717) is 16.5 Å². The largest absolute Gasteiger partial charge is 0.375 e. The van der Waals surface area contributed by atoms with Gasteiger partial charge in [-0.3, -0.25) is 4.79 Å². The Balaban J connectivity index is 2.08. The highest BCUT2D eigenvalue weighted by Crippen LogP contribution is 2.16. The van der Waals surface area contributed by atoms with Crippen LogP contribution in [0.4, 0.5) is 10.8 Å². The number of rotatable bonds is 4. The molecule has 1 heterocycles. The minimum atomic E-state index is -3.30. The summed E-state index contributed by atoms with van der Waals surface area (Å²) in [5.74, 6) is -0.277. The van der Waals surface area contributed by atoms with Crippen molar-refractivity contribution in [2.75, 3.05) is 17.3 Å². The van der Waals surface area contributed by atoms with Crippen molar-refractivity contribution in [1.82, 2.24) is 4.98 Å². The fraction of sp³-hybridized carbons (Fsp3) is 0.167. The summed E-state index contributed by atoms with van der Waals surface area (Å²) in [6.45, 7) is 0. The number of nitrogens with zero attached hydrogens (tertiary/aromatic N) is 1. The third-order valence-electron chi connectivity index (χ3n) is 2.46. The van der Waals surface area contributed by atoms with Gasteiger partial charge < -0.3 is 11.1 Å². The molecule has 2 rings (SSSR count). The van der Waals surface area contributed by atoms with E-state index in [9.17, 15) is 13.2 Å². The highest BCUT2D eigenvalue weighted by atomic mass is 32.2. The molecule has 0 aliphatic rings. The molecule has 1 amide bonds. The summed E-state index contributed by atoms with van der Waals surface area (Å²) in [6, 6.07) is 6.10. The average molecular weight is 311 g/mol. The van der Waals surface area contributed by atoms with Gasteiger partial charge in [-0.2, -0.15) is 0 Å². The van der Waals surface area contributed by atoms with Crippen molar-refractivity contribution in [3.8, 4) is 0 Å². The van der Waals surface area contributed by atoms with Crippen molar-refractivity contribution in [2.45, 2.75) is 11.3 Å². The van der Waals surface area contributed by atoms with Crippen LogP contribution >= 0.6 is 11.3 Å². The smallest absolute Gasteiger partial charge is 0.230 e. The van der Waals surface area contributed by atoms with Gasteiger partial charge in [0, 0.05) is 17.3 Å². The molecule has 3 N–H and O–H groups in total. The lowest BCUT2D eigenvalue weighted by Gasteiger charge is -2.05. The minimum Gasteiger partial charge on any atom is -0.375 e. The van der Waals surface area contributed by atoms with Crippen LogP contribution in [0.3, 0.4) is 0 Å². The number of nitrogen functional groups attached to an aromatic ring is 1. The van der Waals surface area contributed by atoms with Crippen molar-refractivity contribution < 1.29 is 13.2 Å². The molecule has 0 spiro atoms. The summed E-state index contributed by atoms with van der Waals surface area (Å²) in [5.41, 5.74) is 6.50. The van der Waals surface area contributed by atoms with Gasteiger partial charge in [-0.1, -0.05) is 6.07 Å². The number of benzene rings is 1. The molecular formula is C12H13N3O3S2. The van der Waals surface area contributed by atoms with Crippen LogP contribution in [0.1, 0.15) is 5.69 Å². The number of hydrogen-bond donors (Lipinski definition) is 2. The number of carbonyl (C=O) groups is 1. The molecular weight excluding hydrogens is 298 g/mol. The third-order valence-corrected chi connectivity index (χ3v) is 4.29. The van der Waals surface area contributed by atoms with Gasteiger partial charge in [0.05, 0.1) is 17.0 Å². The molecule has 0 fully saturated rings. The molecule has 1 aromatic heterocycles. The fourth-order valence-electron chi connectivity index (χ4n) is 1.58. The first-order valence-corrected chi connectivity index (χ1v) is 8.41. The van der Waals surface area contributed by atoms with Gasteiger partial charge in [0.15, 0.2) is 15.0 Å². The Labute approximate surface area is 120 Å².